The van der Waals surface area contributed by atoms with Gasteiger partial charge in [-0.05, 0) is 39.3 Å². The molecular formula is C23H23N. The monoisotopic (exact) mass is 313 g/mol. The van der Waals surface area contributed by atoms with Gasteiger partial charge in [0, 0.05) is 0 Å². The van der Waals surface area contributed by atoms with Crippen LogP contribution in [-0.4, -0.2) is 0 Å². The first kappa shape index (κ1) is 16.3. The van der Waals surface area contributed by atoms with Gasteiger partial charge >= 0.3 is 0 Å². The van der Waals surface area contributed by atoms with Gasteiger partial charge in [-0.2, -0.15) is 5.26 Å². The molecule has 0 aliphatic heterocycles. The maximum absolute atomic E-state index is 9.73. The summed E-state index contributed by atoms with van der Waals surface area (Å²) in [6.07, 6.45) is 0.745. The van der Waals surface area contributed by atoms with E-state index in [1.165, 1.54) is 21.9 Å². The highest BCUT2D eigenvalue weighted by molar-refractivity contribution is 5.86. The summed E-state index contributed by atoms with van der Waals surface area (Å²) in [6.45, 7) is 6.66. The zero-order valence-electron chi connectivity index (χ0n) is 14.6. The molecule has 1 unspecified atom stereocenters. The fourth-order valence-electron chi connectivity index (χ4n) is 3.16. The van der Waals surface area contributed by atoms with Crippen molar-refractivity contribution in [2.45, 2.75) is 38.5 Å². The predicted molar refractivity (Wildman–Crippen MR) is 101 cm³/mol. The van der Waals surface area contributed by atoms with Crippen molar-refractivity contribution in [1.82, 2.24) is 0 Å². The Kier molecular flexibility index (Phi) is 4.40. The number of hydrogen-bond donors (Lipinski definition) is 0. The average molecular weight is 313 g/mol. The molecule has 0 aromatic heterocycles. The number of nitriles is 1. The standard InChI is InChI=1S/C23H23N/c1-23(2,3)20-13-11-17(12-14-20)15-19(16-24)22-10-6-8-18-7-4-5-9-21(18)22/h4-14,19H,15H2,1-3H3. The van der Waals surface area contributed by atoms with Gasteiger partial charge in [0.2, 0.25) is 0 Å². The molecule has 1 nitrogen and oxygen atoms in total. The second kappa shape index (κ2) is 6.49. The summed E-state index contributed by atoms with van der Waals surface area (Å²) >= 11 is 0. The number of hydrogen-bond acceptors (Lipinski definition) is 1. The van der Waals surface area contributed by atoms with Crippen molar-refractivity contribution in [2.75, 3.05) is 0 Å². The molecule has 0 heterocycles. The topological polar surface area (TPSA) is 23.8 Å². The Morgan fingerprint density at radius 2 is 1.54 bits per heavy atom. The van der Waals surface area contributed by atoms with E-state index in [9.17, 15) is 5.26 Å². The van der Waals surface area contributed by atoms with Crippen LogP contribution in [0.1, 0.15) is 43.4 Å². The third kappa shape index (κ3) is 3.34. The van der Waals surface area contributed by atoms with Gasteiger partial charge in [0.1, 0.15) is 0 Å². The Labute approximate surface area is 144 Å². The first-order valence-electron chi connectivity index (χ1n) is 8.46. The van der Waals surface area contributed by atoms with Crippen LogP contribution in [0.5, 0.6) is 0 Å². The van der Waals surface area contributed by atoms with Gasteiger partial charge in [0.05, 0.1) is 12.0 Å². The van der Waals surface area contributed by atoms with Crippen LogP contribution in [0.4, 0.5) is 0 Å². The number of benzene rings is 3. The van der Waals surface area contributed by atoms with Gasteiger partial charge in [-0.15, -0.1) is 0 Å². The van der Waals surface area contributed by atoms with Crippen LogP contribution in [0.15, 0.2) is 66.7 Å². The molecule has 0 spiro atoms. The molecule has 0 radical (unpaired) electrons. The SMILES string of the molecule is CC(C)(C)c1ccc(CC(C#N)c2cccc3ccccc23)cc1. The van der Waals surface area contributed by atoms with Gasteiger partial charge in [0.15, 0.2) is 0 Å². The van der Waals surface area contributed by atoms with Crippen LogP contribution >= 0.6 is 0 Å². The molecule has 0 aliphatic rings. The Hall–Kier alpha value is -2.59. The molecule has 0 saturated heterocycles. The molecule has 0 saturated carbocycles. The smallest absolute Gasteiger partial charge is 0.0759 e. The van der Waals surface area contributed by atoms with Crippen molar-refractivity contribution in [3.8, 4) is 6.07 Å². The molecule has 0 fully saturated rings. The molecule has 3 rings (SSSR count). The summed E-state index contributed by atoms with van der Waals surface area (Å²) in [6, 6.07) is 25.7. The minimum atomic E-state index is -0.128. The molecule has 0 bridgehead atoms. The number of rotatable bonds is 3. The minimum absolute atomic E-state index is 0.128. The van der Waals surface area contributed by atoms with Crippen molar-refractivity contribution in [3.05, 3.63) is 83.4 Å². The van der Waals surface area contributed by atoms with E-state index in [1.807, 2.05) is 18.2 Å². The van der Waals surface area contributed by atoms with Gasteiger partial charge < -0.3 is 0 Å². The zero-order valence-corrected chi connectivity index (χ0v) is 14.6. The van der Waals surface area contributed by atoms with E-state index < -0.39 is 0 Å². The summed E-state index contributed by atoms with van der Waals surface area (Å²) in [5.41, 5.74) is 3.81. The molecular weight excluding hydrogens is 290 g/mol. The highest BCUT2D eigenvalue weighted by Gasteiger charge is 2.16. The van der Waals surface area contributed by atoms with Gasteiger partial charge in [-0.3, -0.25) is 0 Å². The first-order chi connectivity index (χ1) is 11.5. The molecule has 0 aliphatic carbocycles. The largest absolute Gasteiger partial charge is 0.198 e. The van der Waals surface area contributed by atoms with E-state index in [0.717, 1.165) is 12.0 Å². The van der Waals surface area contributed by atoms with Gasteiger partial charge in [-0.25, -0.2) is 0 Å². The van der Waals surface area contributed by atoms with Crippen LogP contribution in [0, 0.1) is 11.3 Å². The number of nitrogens with zero attached hydrogens (tertiary/aromatic N) is 1. The Morgan fingerprint density at radius 1 is 0.875 bits per heavy atom. The van der Waals surface area contributed by atoms with E-state index in [1.54, 1.807) is 0 Å². The van der Waals surface area contributed by atoms with Crippen LogP contribution in [0.3, 0.4) is 0 Å². The molecule has 120 valence electrons. The lowest BCUT2D eigenvalue weighted by molar-refractivity contribution is 0.590. The third-order valence-corrected chi connectivity index (χ3v) is 4.61. The lowest BCUT2D eigenvalue weighted by Crippen LogP contribution is -2.11. The normalized spacial score (nSPS) is 12.8. The van der Waals surface area contributed by atoms with Crippen molar-refractivity contribution in [1.29, 1.82) is 5.26 Å². The summed E-state index contributed by atoms with van der Waals surface area (Å²) in [5, 5.41) is 12.1. The molecule has 0 amide bonds. The van der Waals surface area contributed by atoms with E-state index in [2.05, 4.69) is 75.4 Å². The fraction of sp³-hybridized carbons (Fsp3) is 0.261. The zero-order chi connectivity index (χ0) is 17.2. The van der Waals surface area contributed by atoms with E-state index in [0.29, 0.717) is 0 Å². The van der Waals surface area contributed by atoms with E-state index in [4.69, 9.17) is 0 Å². The fourth-order valence-corrected chi connectivity index (χ4v) is 3.16. The van der Waals surface area contributed by atoms with E-state index >= 15 is 0 Å². The quantitative estimate of drug-likeness (QED) is 0.583. The van der Waals surface area contributed by atoms with Crippen LogP contribution in [0.25, 0.3) is 10.8 Å². The van der Waals surface area contributed by atoms with Crippen molar-refractivity contribution >= 4 is 10.8 Å². The number of fused-ring (bicyclic) bond motifs is 1. The van der Waals surface area contributed by atoms with Crippen LogP contribution in [-0.2, 0) is 11.8 Å². The second-order valence-electron chi connectivity index (χ2n) is 7.40. The van der Waals surface area contributed by atoms with Gasteiger partial charge in [0.25, 0.3) is 0 Å². The van der Waals surface area contributed by atoms with Crippen molar-refractivity contribution < 1.29 is 0 Å². The molecule has 24 heavy (non-hydrogen) atoms. The van der Waals surface area contributed by atoms with Crippen LogP contribution < -0.4 is 0 Å². The summed E-state index contributed by atoms with van der Waals surface area (Å²) in [4.78, 5) is 0. The highest BCUT2D eigenvalue weighted by atomic mass is 14.3. The first-order valence-corrected chi connectivity index (χ1v) is 8.46. The Balaban J connectivity index is 1.91. The second-order valence-corrected chi connectivity index (χ2v) is 7.40. The summed E-state index contributed by atoms with van der Waals surface area (Å²) < 4.78 is 0. The van der Waals surface area contributed by atoms with Crippen LogP contribution in [0.2, 0.25) is 0 Å². The van der Waals surface area contributed by atoms with E-state index in [-0.39, 0.29) is 11.3 Å². The minimum Gasteiger partial charge on any atom is -0.198 e. The lowest BCUT2D eigenvalue weighted by Gasteiger charge is -2.19. The maximum Gasteiger partial charge on any atom is 0.0759 e. The van der Waals surface area contributed by atoms with Gasteiger partial charge in [-0.1, -0.05) is 87.5 Å². The Morgan fingerprint density at radius 3 is 2.21 bits per heavy atom. The highest BCUT2D eigenvalue weighted by Crippen LogP contribution is 2.29. The molecule has 0 N–H and O–H groups in total. The predicted octanol–water partition coefficient (Wildman–Crippen LogP) is 5.99. The summed E-state index contributed by atoms with van der Waals surface area (Å²) in [5.74, 6) is -0.128. The third-order valence-electron chi connectivity index (χ3n) is 4.61. The maximum atomic E-state index is 9.73. The molecule has 3 aromatic carbocycles. The Bertz CT molecular complexity index is 871. The van der Waals surface area contributed by atoms with Crippen molar-refractivity contribution in [3.63, 3.8) is 0 Å². The summed E-state index contributed by atoms with van der Waals surface area (Å²) in [7, 11) is 0. The van der Waals surface area contributed by atoms with Crippen molar-refractivity contribution in [2.24, 2.45) is 0 Å². The molecule has 3 aromatic rings. The lowest BCUT2D eigenvalue weighted by atomic mass is 9.85. The molecule has 1 heteroatoms. The average Bonchev–Trinajstić information content (AvgIpc) is 2.59. The molecule has 1 atom stereocenters.